The second kappa shape index (κ2) is 5.05. The van der Waals surface area contributed by atoms with Crippen LogP contribution in [0.2, 0.25) is 5.28 Å². The van der Waals surface area contributed by atoms with Gasteiger partial charge >= 0.3 is 6.85 Å². The Morgan fingerprint density at radius 2 is 2.23 bits per heavy atom. The molecule has 0 bridgehead atoms. The Balaban J connectivity index is 1.73. The number of thiazole rings is 1. The van der Waals surface area contributed by atoms with Crippen molar-refractivity contribution in [3.63, 3.8) is 0 Å². The van der Waals surface area contributed by atoms with Crippen LogP contribution in [0.15, 0.2) is 28.6 Å². The van der Waals surface area contributed by atoms with Crippen molar-refractivity contribution in [3.8, 4) is 5.97 Å². The van der Waals surface area contributed by atoms with E-state index in [0.29, 0.717) is 11.5 Å². The van der Waals surface area contributed by atoms with Gasteiger partial charge in [0, 0.05) is 17.9 Å². The second-order valence-electron chi connectivity index (χ2n) is 4.62. The highest BCUT2D eigenvalue weighted by Crippen LogP contribution is 2.28. The summed E-state index contributed by atoms with van der Waals surface area (Å²) in [5.74, 6) is 2.77. The third-order valence-corrected chi connectivity index (χ3v) is 4.29. The largest absolute Gasteiger partial charge is 0.429 e. The first-order valence-electron chi connectivity index (χ1n) is 6.35. The molecule has 1 N–H and O–H groups in total. The number of hydrogen-bond donors (Lipinski definition) is 1. The van der Waals surface area contributed by atoms with E-state index in [4.69, 9.17) is 16.9 Å². The molecule has 4 rings (SSSR count). The van der Waals surface area contributed by atoms with Crippen LogP contribution < -0.4 is 10.8 Å². The second-order valence-corrected chi connectivity index (χ2v) is 5.82. The normalized spacial score (nSPS) is 12.5. The summed E-state index contributed by atoms with van der Waals surface area (Å²) in [7, 11) is 0. The number of anilines is 2. The molecule has 0 saturated heterocycles. The molecule has 1 aliphatic heterocycles. The van der Waals surface area contributed by atoms with Gasteiger partial charge < -0.3 is 10.2 Å². The first kappa shape index (κ1) is 13.2. The molecular weight excluding hydrogens is 319 g/mol. The summed E-state index contributed by atoms with van der Waals surface area (Å²) >= 11 is 7.37. The Morgan fingerprint density at radius 3 is 3.09 bits per heavy atom. The van der Waals surface area contributed by atoms with E-state index >= 15 is 0 Å². The summed E-state index contributed by atoms with van der Waals surface area (Å²) in [6.45, 7) is -0.411. The molecule has 1 aliphatic rings. The number of rotatable bonds is 2. The van der Waals surface area contributed by atoms with E-state index in [0.717, 1.165) is 21.4 Å². The zero-order valence-corrected chi connectivity index (χ0v) is 12.6. The fourth-order valence-electron chi connectivity index (χ4n) is 2.31. The molecule has 104 valence electrons. The van der Waals surface area contributed by atoms with Crippen LogP contribution in [0, 0.1) is 11.2 Å². The average Bonchev–Trinajstić information content (AvgIpc) is 3.12. The molecule has 0 aliphatic carbocycles. The van der Waals surface area contributed by atoms with Crippen LogP contribution in [0.4, 0.5) is 11.5 Å². The number of fused-ring (bicyclic) bond motifs is 2. The van der Waals surface area contributed by atoms with Gasteiger partial charge in [0.1, 0.15) is 4.70 Å². The van der Waals surface area contributed by atoms with Gasteiger partial charge in [0.15, 0.2) is 11.5 Å². The molecule has 9 heteroatoms. The van der Waals surface area contributed by atoms with Gasteiger partial charge in [0.25, 0.3) is 0 Å². The number of halogens is 1. The molecule has 22 heavy (non-hydrogen) atoms. The van der Waals surface area contributed by atoms with E-state index in [1.54, 1.807) is 11.7 Å². The van der Waals surface area contributed by atoms with E-state index < -0.39 is 6.85 Å². The van der Waals surface area contributed by atoms with Crippen LogP contribution >= 0.6 is 22.9 Å². The Kier molecular flexibility index (Phi) is 3.03. The maximum absolute atomic E-state index is 9.03. The molecule has 1 aromatic carbocycles. The average molecular weight is 325 g/mol. The van der Waals surface area contributed by atoms with Crippen molar-refractivity contribution in [2.75, 3.05) is 5.32 Å². The van der Waals surface area contributed by atoms with Crippen LogP contribution in [0.25, 0.3) is 10.3 Å². The number of hydrogen-bond acceptors (Lipinski definition) is 7. The highest BCUT2D eigenvalue weighted by molar-refractivity contribution is 7.17. The first-order valence-corrected chi connectivity index (χ1v) is 7.61. The Labute approximate surface area is 134 Å². The number of nitrogens with zero attached hydrogens (tertiary/aromatic N) is 5. The third kappa shape index (κ3) is 2.11. The van der Waals surface area contributed by atoms with Crippen molar-refractivity contribution < 1.29 is 0 Å². The topological polar surface area (TPSA) is 86.9 Å². The van der Waals surface area contributed by atoms with Gasteiger partial charge in [-0.2, -0.15) is 9.97 Å². The van der Waals surface area contributed by atoms with Gasteiger partial charge in [0.2, 0.25) is 5.28 Å². The molecule has 0 radical (unpaired) electrons. The number of aromatic nitrogens is 3. The fourth-order valence-corrected chi connectivity index (χ4v) is 3.14. The van der Waals surface area contributed by atoms with Gasteiger partial charge in [-0.3, -0.25) is 0 Å². The number of benzene rings is 1. The molecule has 3 aromatic rings. The molecule has 0 fully saturated rings. The highest BCUT2D eigenvalue weighted by atomic mass is 35.5. The van der Waals surface area contributed by atoms with Crippen LogP contribution in [0.1, 0.15) is 5.56 Å². The van der Waals surface area contributed by atoms with Crippen LogP contribution in [0.3, 0.4) is 0 Å². The van der Waals surface area contributed by atoms with Gasteiger partial charge in [-0.25, -0.2) is 10.2 Å². The van der Waals surface area contributed by atoms with E-state index in [-0.39, 0.29) is 5.28 Å². The summed E-state index contributed by atoms with van der Waals surface area (Å²) < 4.78 is 0.841. The smallest absolute Gasteiger partial charge is 0.339 e. The molecule has 0 atom stereocenters. The van der Waals surface area contributed by atoms with E-state index in [1.807, 2.05) is 18.2 Å². The summed E-state index contributed by atoms with van der Waals surface area (Å²) in [5.41, 5.74) is 4.95. The zero-order chi connectivity index (χ0) is 15.1. The van der Waals surface area contributed by atoms with E-state index in [2.05, 4.69) is 31.1 Å². The molecular formula is C13H6BClN6S. The minimum Gasteiger partial charge on any atom is -0.339 e. The molecule has 3 heterocycles. The summed E-state index contributed by atoms with van der Waals surface area (Å²) in [5, 5.41) is 12.4. The lowest BCUT2D eigenvalue weighted by Crippen LogP contribution is -2.24. The molecule has 0 amide bonds. The lowest BCUT2D eigenvalue weighted by molar-refractivity contribution is 1.20. The van der Waals surface area contributed by atoms with Crippen LogP contribution in [-0.2, 0) is 0 Å². The first-order chi connectivity index (χ1) is 10.7. The molecule has 0 unspecified atom stereocenters. The Morgan fingerprint density at radius 1 is 1.32 bits per heavy atom. The Hall–Kier alpha value is -2.50. The van der Waals surface area contributed by atoms with Crippen molar-refractivity contribution in [1.29, 1.82) is 5.26 Å². The summed E-state index contributed by atoms with van der Waals surface area (Å²) in [6, 6.07) is 5.71. The highest BCUT2D eigenvalue weighted by Gasteiger charge is 2.23. The van der Waals surface area contributed by atoms with E-state index in [9.17, 15) is 0 Å². The lowest BCUT2D eigenvalue weighted by atomic mass is 9.59. The molecule has 0 spiro atoms. The standard InChI is InChI=1S/C13H6BClN6S/c15-13-20-11-10(22-6-17-11)12(21-13)19-8-1-2-9-7(3-8)4-18-14(9)5-16/h1-4,6H,(H,19,20,21). The van der Waals surface area contributed by atoms with Crippen LogP contribution in [0.5, 0.6) is 0 Å². The van der Waals surface area contributed by atoms with Gasteiger partial charge in [-0.15, -0.1) is 11.3 Å². The minimum absolute atomic E-state index is 0.146. The summed E-state index contributed by atoms with van der Waals surface area (Å²) in [6.07, 6.45) is 1.71. The van der Waals surface area contributed by atoms with Crippen LogP contribution in [-0.4, -0.2) is 28.0 Å². The monoisotopic (exact) mass is 324 g/mol. The quantitative estimate of drug-likeness (QED) is 0.576. The number of nitriles is 1. The zero-order valence-electron chi connectivity index (χ0n) is 11.0. The van der Waals surface area contributed by atoms with Gasteiger partial charge in [0.05, 0.1) is 5.51 Å². The van der Waals surface area contributed by atoms with Crippen molar-refractivity contribution in [2.24, 2.45) is 4.90 Å². The molecule has 2 aromatic heterocycles. The maximum Gasteiger partial charge on any atom is 0.429 e. The Bertz CT molecular complexity index is 963. The minimum atomic E-state index is -0.411. The predicted octanol–water partition coefficient (Wildman–Crippen LogP) is 2.18. The van der Waals surface area contributed by atoms with Crippen molar-refractivity contribution in [2.45, 2.75) is 0 Å². The van der Waals surface area contributed by atoms with Gasteiger partial charge in [-0.1, -0.05) is 6.07 Å². The lowest BCUT2D eigenvalue weighted by Gasteiger charge is -2.08. The van der Waals surface area contributed by atoms with Gasteiger partial charge in [-0.05, 0) is 34.8 Å². The maximum atomic E-state index is 9.03. The number of nitrogens with one attached hydrogen (secondary N) is 1. The fraction of sp³-hybridized carbons (Fsp3) is 0. The van der Waals surface area contributed by atoms with Crippen molar-refractivity contribution in [1.82, 2.24) is 15.0 Å². The van der Waals surface area contributed by atoms with Crippen molar-refractivity contribution in [3.05, 3.63) is 34.6 Å². The van der Waals surface area contributed by atoms with E-state index in [1.165, 1.54) is 11.3 Å². The molecule has 6 nitrogen and oxygen atoms in total. The van der Waals surface area contributed by atoms with Crippen molar-refractivity contribution >= 4 is 63.3 Å². The predicted molar refractivity (Wildman–Crippen MR) is 88.5 cm³/mol. The SMILES string of the molecule is N#CB1N=Cc2cc(Nc3nc(Cl)nc4ncsc34)ccc21. The summed E-state index contributed by atoms with van der Waals surface area (Å²) in [4.78, 5) is 16.6. The third-order valence-electron chi connectivity index (χ3n) is 3.30. The molecule has 0 saturated carbocycles.